The first-order valence-corrected chi connectivity index (χ1v) is 5.88. The van der Waals surface area contributed by atoms with Crippen molar-refractivity contribution in [2.24, 2.45) is 0 Å². The highest BCUT2D eigenvalue weighted by molar-refractivity contribution is 6.04. The summed E-state index contributed by atoms with van der Waals surface area (Å²) in [7, 11) is 1.58. The summed E-state index contributed by atoms with van der Waals surface area (Å²) in [4.78, 5) is 23.5. The summed E-state index contributed by atoms with van der Waals surface area (Å²) in [6, 6.07) is 7.45. The van der Waals surface area contributed by atoms with Crippen LogP contribution >= 0.6 is 0 Å². The molecular formula is C13H16N2O3. The summed E-state index contributed by atoms with van der Waals surface area (Å²) in [5.41, 5.74) is 1.70. The maximum absolute atomic E-state index is 11.8. The Hall–Kier alpha value is -1.88. The third-order valence-corrected chi connectivity index (χ3v) is 2.93. The molecule has 0 saturated carbocycles. The van der Waals surface area contributed by atoms with Crippen LogP contribution in [0.25, 0.3) is 0 Å². The van der Waals surface area contributed by atoms with Crippen LogP contribution in [0.4, 0.5) is 5.69 Å². The van der Waals surface area contributed by atoms with Gasteiger partial charge in [-0.15, -0.1) is 0 Å². The normalized spacial score (nSPS) is 17.2. The van der Waals surface area contributed by atoms with Gasteiger partial charge in [-0.05, 0) is 11.6 Å². The van der Waals surface area contributed by atoms with E-state index in [1.54, 1.807) is 7.11 Å². The molecule has 5 nitrogen and oxygen atoms in total. The molecule has 1 aliphatic heterocycles. The third-order valence-electron chi connectivity index (χ3n) is 2.93. The average Bonchev–Trinajstić information content (AvgIpc) is 2.67. The number of amides is 2. The molecule has 18 heavy (non-hydrogen) atoms. The fourth-order valence-electron chi connectivity index (χ4n) is 2.03. The van der Waals surface area contributed by atoms with Gasteiger partial charge >= 0.3 is 0 Å². The molecule has 5 heteroatoms. The smallest absolute Gasteiger partial charge is 0.232 e. The summed E-state index contributed by atoms with van der Waals surface area (Å²) >= 11 is 0. The van der Waals surface area contributed by atoms with Gasteiger partial charge in [0.15, 0.2) is 0 Å². The van der Waals surface area contributed by atoms with Crippen molar-refractivity contribution in [2.45, 2.75) is 12.3 Å². The molecule has 2 rings (SSSR count). The summed E-state index contributed by atoms with van der Waals surface area (Å²) in [5, 5.41) is 5.49. The first-order valence-electron chi connectivity index (χ1n) is 5.88. The lowest BCUT2D eigenvalue weighted by Gasteiger charge is -2.09. The van der Waals surface area contributed by atoms with Gasteiger partial charge in [0, 0.05) is 25.8 Å². The quantitative estimate of drug-likeness (QED) is 0.760. The fourth-order valence-corrected chi connectivity index (χ4v) is 2.03. The summed E-state index contributed by atoms with van der Waals surface area (Å²) < 4.78 is 4.85. The first kappa shape index (κ1) is 12.6. The van der Waals surface area contributed by atoms with E-state index in [1.807, 2.05) is 24.3 Å². The molecule has 0 aliphatic carbocycles. The van der Waals surface area contributed by atoms with Crippen LogP contribution in [0.5, 0.6) is 0 Å². The van der Waals surface area contributed by atoms with Crippen LogP contribution in [0.3, 0.4) is 0 Å². The third kappa shape index (κ3) is 2.68. The van der Waals surface area contributed by atoms with E-state index in [2.05, 4.69) is 10.6 Å². The maximum Gasteiger partial charge on any atom is 0.232 e. The van der Waals surface area contributed by atoms with Gasteiger partial charge in [-0.25, -0.2) is 0 Å². The molecule has 0 fully saturated rings. The van der Waals surface area contributed by atoms with E-state index >= 15 is 0 Å². The van der Waals surface area contributed by atoms with Crippen molar-refractivity contribution in [1.82, 2.24) is 5.32 Å². The number of rotatable bonds is 5. The van der Waals surface area contributed by atoms with E-state index in [4.69, 9.17) is 4.74 Å². The fraction of sp³-hybridized carbons (Fsp3) is 0.385. The van der Waals surface area contributed by atoms with Crippen LogP contribution in [0.15, 0.2) is 24.3 Å². The molecule has 0 aromatic heterocycles. The van der Waals surface area contributed by atoms with E-state index < -0.39 is 0 Å². The molecule has 2 N–H and O–H groups in total. The summed E-state index contributed by atoms with van der Waals surface area (Å²) in [5.74, 6) is -0.634. The number of carbonyl (C=O) groups is 2. The van der Waals surface area contributed by atoms with Crippen molar-refractivity contribution in [3.8, 4) is 0 Å². The summed E-state index contributed by atoms with van der Waals surface area (Å²) in [6.07, 6.45) is 0.173. The average molecular weight is 248 g/mol. The van der Waals surface area contributed by atoms with Crippen molar-refractivity contribution in [3.63, 3.8) is 0 Å². The van der Waals surface area contributed by atoms with E-state index in [0.717, 1.165) is 11.3 Å². The van der Waals surface area contributed by atoms with Crippen molar-refractivity contribution in [2.75, 3.05) is 25.6 Å². The number of methoxy groups -OCH3 is 1. The number of fused-ring (bicyclic) bond motifs is 1. The number of hydrogen-bond donors (Lipinski definition) is 2. The van der Waals surface area contributed by atoms with Gasteiger partial charge in [0.05, 0.1) is 12.5 Å². The van der Waals surface area contributed by atoms with E-state index in [9.17, 15) is 9.59 Å². The largest absolute Gasteiger partial charge is 0.383 e. The molecule has 2 amide bonds. The van der Waals surface area contributed by atoms with Crippen LogP contribution < -0.4 is 10.6 Å². The number of anilines is 1. The molecule has 0 spiro atoms. The minimum atomic E-state index is -0.385. The lowest BCUT2D eigenvalue weighted by Crippen LogP contribution is -2.29. The van der Waals surface area contributed by atoms with Gasteiger partial charge in [0.2, 0.25) is 11.8 Å². The Labute approximate surface area is 106 Å². The monoisotopic (exact) mass is 248 g/mol. The Morgan fingerprint density at radius 1 is 1.44 bits per heavy atom. The molecule has 1 aromatic rings. The van der Waals surface area contributed by atoms with Gasteiger partial charge < -0.3 is 15.4 Å². The molecule has 1 aliphatic rings. The SMILES string of the molecule is COCCNC(=O)CC1C(=O)Nc2ccccc21. The zero-order valence-corrected chi connectivity index (χ0v) is 10.2. The lowest BCUT2D eigenvalue weighted by atomic mass is 9.97. The standard InChI is InChI=1S/C13H16N2O3/c1-18-7-6-14-12(16)8-10-9-4-2-3-5-11(9)15-13(10)17/h2-5,10H,6-8H2,1H3,(H,14,16)(H,15,17). The second-order valence-electron chi connectivity index (χ2n) is 4.18. The highest BCUT2D eigenvalue weighted by Gasteiger charge is 2.31. The Balaban J connectivity index is 1.97. The van der Waals surface area contributed by atoms with E-state index in [1.165, 1.54) is 0 Å². The Kier molecular flexibility index (Phi) is 3.94. The lowest BCUT2D eigenvalue weighted by molar-refractivity contribution is -0.125. The van der Waals surface area contributed by atoms with Crippen molar-refractivity contribution in [3.05, 3.63) is 29.8 Å². The van der Waals surface area contributed by atoms with Crippen molar-refractivity contribution < 1.29 is 14.3 Å². The molecule has 96 valence electrons. The Morgan fingerprint density at radius 2 is 2.22 bits per heavy atom. The molecule has 1 atom stereocenters. The first-order chi connectivity index (χ1) is 8.72. The highest BCUT2D eigenvalue weighted by atomic mass is 16.5. The van der Waals surface area contributed by atoms with Gasteiger partial charge in [0.1, 0.15) is 0 Å². The predicted molar refractivity (Wildman–Crippen MR) is 67.3 cm³/mol. The molecule has 0 bridgehead atoms. The highest BCUT2D eigenvalue weighted by Crippen LogP contribution is 2.34. The molecule has 1 aromatic carbocycles. The van der Waals surface area contributed by atoms with Crippen LogP contribution in [-0.4, -0.2) is 32.1 Å². The molecule has 0 radical (unpaired) electrons. The van der Waals surface area contributed by atoms with Gasteiger partial charge in [-0.3, -0.25) is 9.59 Å². The van der Waals surface area contributed by atoms with Crippen LogP contribution in [0.2, 0.25) is 0 Å². The minimum Gasteiger partial charge on any atom is -0.383 e. The molecule has 1 unspecified atom stereocenters. The van der Waals surface area contributed by atoms with Crippen LogP contribution in [0, 0.1) is 0 Å². The topological polar surface area (TPSA) is 67.4 Å². The van der Waals surface area contributed by atoms with Gasteiger partial charge in [0.25, 0.3) is 0 Å². The number of nitrogens with one attached hydrogen (secondary N) is 2. The van der Waals surface area contributed by atoms with Crippen molar-refractivity contribution in [1.29, 1.82) is 0 Å². The zero-order valence-electron chi connectivity index (χ0n) is 10.2. The van der Waals surface area contributed by atoms with Crippen molar-refractivity contribution >= 4 is 17.5 Å². The number of ether oxygens (including phenoxy) is 1. The summed E-state index contributed by atoms with van der Waals surface area (Å²) in [6.45, 7) is 0.935. The molecular weight excluding hydrogens is 232 g/mol. The van der Waals surface area contributed by atoms with Crippen LogP contribution in [-0.2, 0) is 14.3 Å². The van der Waals surface area contributed by atoms with Gasteiger partial charge in [-0.1, -0.05) is 18.2 Å². The second kappa shape index (κ2) is 5.64. The molecule has 1 heterocycles. The second-order valence-corrected chi connectivity index (χ2v) is 4.18. The number of para-hydroxylation sites is 1. The predicted octanol–water partition coefficient (Wildman–Crippen LogP) is 0.875. The maximum atomic E-state index is 11.8. The molecule has 0 saturated heterocycles. The Bertz CT molecular complexity index is 459. The minimum absolute atomic E-state index is 0.113. The number of carbonyl (C=O) groups excluding carboxylic acids is 2. The number of benzene rings is 1. The Morgan fingerprint density at radius 3 is 3.00 bits per heavy atom. The van der Waals surface area contributed by atoms with Crippen LogP contribution in [0.1, 0.15) is 17.9 Å². The zero-order chi connectivity index (χ0) is 13.0. The van der Waals surface area contributed by atoms with E-state index in [0.29, 0.717) is 13.2 Å². The number of hydrogen-bond acceptors (Lipinski definition) is 3. The van der Waals surface area contributed by atoms with Gasteiger partial charge in [-0.2, -0.15) is 0 Å². The van der Waals surface area contributed by atoms with E-state index in [-0.39, 0.29) is 24.2 Å².